The minimum atomic E-state index is 0.328. The van der Waals surface area contributed by atoms with Gasteiger partial charge in [-0.2, -0.15) is 0 Å². The van der Waals surface area contributed by atoms with E-state index in [1.165, 1.54) is 4.88 Å². The molecule has 0 saturated carbocycles. The highest BCUT2D eigenvalue weighted by Gasteiger charge is 2.28. The van der Waals surface area contributed by atoms with Crippen LogP contribution in [0.25, 0.3) is 0 Å². The van der Waals surface area contributed by atoms with Crippen LogP contribution in [-0.4, -0.2) is 23.5 Å². The number of rotatable bonds is 2. The molecule has 1 aliphatic heterocycles. The van der Waals surface area contributed by atoms with Crippen molar-refractivity contribution < 1.29 is 0 Å². The molecule has 2 unspecified atom stereocenters. The Morgan fingerprint density at radius 3 is 3.00 bits per heavy atom. The van der Waals surface area contributed by atoms with Crippen molar-refractivity contribution >= 4 is 22.9 Å². The molecule has 1 aromatic rings. The van der Waals surface area contributed by atoms with Crippen molar-refractivity contribution in [3.05, 3.63) is 21.3 Å². The Morgan fingerprint density at radius 2 is 2.50 bits per heavy atom. The highest BCUT2D eigenvalue weighted by atomic mass is 35.5. The topological polar surface area (TPSA) is 29.3 Å². The standard InChI is InChI=1S/C10H15ClN2S/c1-7-9(12)2-4-13(7)6-10-8(11)3-5-14-10/h3,5,7,9H,2,4,6,12H2,1H3. The highest BCUT2D eigenvalue weighted by Crippen LogP contribution is 2.26. The van der Waals surface area contributed by atoms with Gasteiger partial charge in [0.25, 0.3) is 0 Å². The summed E-state index contributed by atoms with van der Waals surface area (Å²) in [6.07, 6.45) is 1.10. The summed E-state index contributed by atoms with van der Waals surface area (Å²) in [4.78, 5) is 3.66. The maximum absolute atomic E-state index is 6.05. The van der Waals surface area contributed by atoms with Gasteiger partial charge in [-0.1, -0.05) is 11.6 Å². The molecule has 1 fully saturated rings. The molecule has 0 spiro atoms. The second kappa shape index (κ2) is 4.19. The number of hydrogen-bond acceptors (Lipinski definition) is 3. The van der Waals surface area contributed by atoms with Gasteiger partial charge >= 0.3 is 0 Å². The van der Waals surface area contributed by atoms with Gasteiger partial charge in [-0.3, -0.25) is 4.90 Å². The van der Waals surface area contributed by atoms with E-state index in [9.17, 15) is 0 Å². The maximum atomic E-state index is 6.05. The minimum absolute atomic E-state index is 0.328. The zero-order chi connectivity index (χ0) is 10.1. The van der Waals surface area contributed by atoms with Gasteiger partial charge in [0, 0.05) is 30.1 Å². The number of nitrogens with two attached hydrogens (primary N) is 1. The predicted molar refractivity (Wildman–Crippen MR) is 61.8 cm³/mol. The first kappa shape index (κ1) is 10.4. The second-order valence-electron chi connectivity index (χ2n) is 3.86. The molecule has 2 nitrogen and oxygen atoms in total. The fraction of sp³-hybridized carbons (Fsp3) is 0.600. The lowest BCUT2D eigenvalue weighted by molar-refractivity contribution is 0.254. The quantitative estimate of drug-likeness (QED) is 0.845. The third-order valence-corrected chi connectivity index (χ3v) is 4.35. The molecule has 4 heteroatoms. The van der Waals surface area contributed by atoms with E-state index < -0.39 is 0 Å². The fourth-order valence-electron chi connectivity index (χ4n) is 1.88. The van der Waals surface area contributed by atoms with Crippen LogP contribution in [0.3, 0.4) is 0 Å². The van der Waals surface area contributed by atoms with Crippen LogP contribution < -0.4 is 5.73 Å². The summed E-state index contributed by atoms with van der Waals surface area (Å²) in [5.74, 6) is 0. The normalized spacial score (nSPS) is 28.5. The van der Waals surface area contributed by atoms with Gasteiger partial charge in [-0.15, -0.1) is 11.3 Å². The summed E-state index contributed by atoms with van der Waals surface area (Å²) in [5, 5.41) is 2.93. The van der Waals surface area contributed by atoms with E-state index in [2.05, 4.69) is 11.8 Å². The smallest absolute Gasteiger partial charge is 0.0558 e. The average Bonchev–Trinajstić information content (AvgIpc) is 2.68. The molecule has 14 heavy (non-hydrogen) atoms. The summed E-state index contributed by atoms with van der Waals surface area (Å²) in [6.45, 7) is 4.24. The Kier molecular flexibility index (Phi) is 3.12. The van der Waals surface area contributed by atoms with Gasteiger partial charge in [0.05, 0.1) is 5.02 Å². The molecule has 2 N–H and O–H groups in total. The van der Waals surface area contributed by atoms with Gasteiger partial charge in [0.15, 0.2) is 0 Å². The lowest BCUT2D eigenvalue weighted by atomic mass is 10.2. The van der Waals surface area contributed by atoms with Crippen molar-refractivity contribution in [1.82, 2.24) is 4.90 Å². The number of halogens is 1. The molecule has 0 amide bonds. The van der Waals surface area contributed by atoms with Crippen LogP contribution >= 0.6 is 22.9 Å². The second-order valence-corrected chi connectivity index (χ2v) is 5.26. The van der Waals surface area contributed by atoms with Crippen LogP contribution in [0.1, 0.15) is 18.2 Å². The Morgan fingerprint density at radius 1 is 1.71 bits per heavy atom. The van der Waals surface area contributed by atoms with Crippen molar-refractivity contribution in [2.45, 2.75) is 32.0 Å². The van der Waals surface area contributed by atoms with Gasteiger partial charge in [-0.25, -0.2) is 0 Å². The summed E-state index contributed by atoms with van der Waals surface area (Å²) >= 11 is 7.78. The Balaban J connectivity index is 2.02. The van der Waals surface area contributed by atoms with Gasteiger partial charge in [0.1, 0.15) is 0 Å². The molecule has 2 atom stereocenters. The number of likely N-dealkylation sites (tertiary alicyclic amines) is 1. The van der Waals surface area contributed by atoms with Gasteiger partial charge in [-0.05, 0) is 24.8 Å². The molecule has 0 radical (unpaired) electrons. The van der Waals surface area contributed by atoms with E-state index in [-0.39, 0.29) is 0 Å². The van der Waals surface area contributed by atoms with Crippen LogP contribution in [0.5, 0.6) is 0 Å². The van der Waals surface area contributed by atoms with Crippen molar-refractivity contribution in [2.24, 2.45) is 5.73 Å². The number of nitrogens with zero attached hydrogens (tertiary/aromatic N) is 1. The third kappa shape index (κ3) is 1.96. The highest BCUT2D eigenvalue weighted by molar-refractivity contribution is 7.10. The molecule has 1 aliphatic rings. The van der Waals surface area contributed by atoms with E-state index in [0.717, 1.165) is 24.5 Å². The maximum Gasteiger partial charge on any atom is 0.0558 e. The van der Waals surface area contributed by atoms with Crippen LogP contribution in [0, 0.1) is 0 Å². The molecule has 0 aromatic carbocycles. The number of thiophene rings is 1. The van der Waals surface area contributed by atoms with Crippen LogP contribution in [0.15, 0.2) is 11.4 Å². The zero-order valence-electron chi connectivity index (χ0n) is 8.24. The van der Waals surface area contributed by atoms with E-state index in [1.807, 2.05) is 11.4 Å². The van der Waals surface area contributed by atoms with Crippen molar-refractivity contribution in [2.75, 3.05) is 6.54 Å². The van der Waals surface area contributed by atoms with Gasteiger partial charge in [0.2, 0.25) is 0 Å². The van der Waals surface area contributed by atoms with E-state index >= 15 is 0 Å². The zero-order valence-corrected chi connectivity index (χ0v) is 9.81. The van der Waals surface area contributed by atoms with E-state index in [4.69, 9.17) is 17.3 Å². The molecule has 1 aromatic heterocycles. The molecule has 2 heterocycles. The van der Waals surface area contributed by atoms with Crippen LogP contribution in [0.4, 0.5) is 0 Å². The molecular formula is C10H15ClN2S. The Labute approximate surface area is 93.7 Å². The van der Waals surface area contributed by atoms with E-state index in [1.54, 1.807) is 11.3 Å². The minimum Gasteiger partial charge on any atom is -0.326 e. The molecule has 1 saturated heterocycles. The van der Waals surface area contributed by atoms with Gasteiger partial charge < -0.3 is 5.73 Å². The first-order valence-electron chi connectivity index (χ1n) is 4.90. The van der Waals surface area contributed by atoms with Crippen molar-refractivity contribution in [3.63, 3.8) is 0 Å². The fourth-order valence-corrected chi connectivity index (χ4v) is 3.00. The summed E-state index contributed by atoms with van der Waals surface area (Å²) in [6, 6.07) is 2.77. The predicted octanol–water partition coefficient (Wildman–Crippen LogP) is 2.32. The average molecular weight is 231 g/mol. The van der Waals surface area contributed by atoms with Crippen LogP contribution in [-0.2, 0) is 6.54 Å². The lowest BCUT2D eigenvalue weighted by Gasteiger charge is -2.22. The molecule has 2 rings (SSSR count). The van der Waals surface area contributed by atoms with Crippen molar-refractivity contribution in [3.8, 4) is 0 Å². The molecule has 0 bridgehead atoms. The summed E-state index contributed by atoms with van der Waals surface area (Å²) in [7, 11) is 0. The molecule has 78 valence electrons. The largest absolute Gasteiger partial charge is 0.326 e. The van der Waals surface area contributed by atoms with E-state index in [0.29, 0.717) is 12.1 Å². The SMILES string of the molecule is CC1C(N)CCN1Cc1sccc1Cl. The lowest BCUT2D eigenvalue weighted by Crippen LogP contribution is -2.36. The van der Waals surface area contributed by atoms with Crippen LogP contribution in [0.2, 0.25) is 5.02 Å². The number of hydrogen-bond donors (Lipinski definition) is 1. The Hall–Kier alpha value is -0.0900. The first-order valence-corrected chi connectivity index (χ1v) is 6.15. The molecule has 0 aliphatic carbocycles. The summed E-state index contributed by atoms with van der Waals surface area (Å²) in [5.41, 5.74) is 5.96. The monoisotopic (exact) mass is 230 g/mol. The third-order valence-electron chi connectivity index (χ3n) is 2.98. The summed E-state index contributed by atoms with van der Waals surface area (Å²) < 4.78 is 0. The Bertz CT molecular complexity index is 313. The van der Waals surface area contributed by atoms with Crippen molar-refractivity contribution in [1.29, 1.82) is 0 Å². The first-order chi connectivity index (χ1) is 6.68. The molecular weight excluding hydrogens is 216 g/mol.